The molecule has 0 radical (unpaired) electrons. The van der Waals surface area contributed by atoms with Crippen LogP contribution < -0.4 is 5.53 Å². The van der Waals surface area contributed by atoms with Crippen LogP contribution in [-0.2, 0) is 20.3 Å². The molecule has 0 bridgehead atoms. The van der Waals surface area contributed by atoms with Crippen LogP contribution in [0.5, 0.6) is 0 Å². The molecule has 0 aliphatic carbocycles. The summed E-state index contributed by atoms with van der Waals surface area (Å²) in [5.74, 6) is -1.97. The number of amides is 1. The summed E-state index contributed by atoms with van der Waals surface area (Å²) in [6, 6.07) is 5.36. The summed E-state index contributed by atoms with van der Waals surface area (Å²) in [5, 5.41) is 23.6. The number of aliphatic imine (C=N–C) groups is 1. The zero-order valence-electron chi connectivity index (χ0n) is 18.3. The highest BCUT2D eigenvalue weighted by atomic mass is 32.2. The number of carbonyl (C=O) groups is 1. The number of aliphatic hydroxyl groups is 2. The van der Waals surface area contributed by atoms with Gasteiger partial charge in [0, 0.05) is 25.7 Å². The van der Waals surface area contributed by atoms with Gasteiger partial charge in [-0.1, -0.05) is 18.2 Å². The number of hydrogen-bond donors (Lipinski definition) is 3. The Labute approximate surface area is 186 Å². The molecule has 178 valence electrons. The van der Waals surface area contributed by atoms with E-state index in [2.05, 4.69) is 22.3 Å². The van der Waals surface area contributed by atoms with Crippen LogP contribution >= 0.6 is 0 Å². The Morgan fingerprint density at radius 3 is 2.62 bits per heavy atom. The largest absolute Gasteiger partial charge is 0.442 e. The van der Waals surface area contributed by atoms with E-state index in [1.807, 2.05) is 0 Å². The summed E-state index contributed by atoms with van der Waals surface area (Å²) in [6.45, 7) is 7.35. The molecule has 11 nitrogen and oxygen atoms in total. The van der Waals surface area contributed by atoms with E-state index in [-0.39, 0.29) is 5.56 Å². The normalized spacial score (nSPS) is 21.3. The molecule has 0 saturated carbocycles. The number of benzene rings is 1. The van der Waals surface area contributed by atoms with Crippen LogP contribution in [0.25, 0.3) is 0 Å². The van der Waals surface area contributed by atoms with Crippen LogP contribution in [0.4, 0.5) is 9.18 Å². The third-order valence-electron chi connectivity index (χ3n) is 4.54. The van der Waals surface area contributed by atoms with Crippen molar-refractivity contribution in [1.29, 1.82) is 0 Å². The van der Waals surface area contributed by atoms with Gasteiger partial charge < -0.3 is 14.9 Å². The first-order chi connectivity index (χ1) is 14.8. The number of hydrogen-bond acceptors (Lipinski definition) is 9. The third-order valence-corrected chi connectivity index (χ3v) is 6.38. The van der Waals surface area contributed by atoms with E-state index in [0.717, 1.165) is 17.4 Å². The first kappa shape index (κ1) is 25.5. The quantitative estimate of drug-likeness (QED) is 0.408. The second-order valence-electron chi connectivity index (χ2n) is 8.26. The molecule has 1 aromatic rings. The number of carbonyl (C=O) groups excluding carboxylic acids is 1. The van der Waals surface area contributed by atoms with Gasteiger partial charge in [-0.15, -0.1) is 5.01 Å². The maximum absolute atomic E-state index is 14.8. The number of hydrazine groups is 1. The zero-order valence-corrected chi connectivity index (χ0v) is 19.1. The molecular formula is C19H28FN5O6S. The lowest BCUT2D eigenvalue weighted by molar-refractivity contribution is 0.0279. The lowest BCUT2D eigenvalue weighted by atomic mass is 9.86. The van der Waals surface area contributed by atoms with Crippen LogP contribution in [0.3, 0.4) is 0 Å². The average Bonchev–Trinajstić information content (AvgIpc) is 2.67. The van der Waals surface area contributed by atoms with Crippen molar-refractivity contribution in [2.24, 2.45) is 10.1 Å². The number of halogens is 1. The van der Waals surface area contributed by atoms with Gasteiger partial charge >= 0.3 is 6.09 Å². The fraction of sp³-hybridized carbons (Fsp3) is 0.526. The van der Waals surface area contributed by atoms with Gasteiger partial charge in [-0.2, -0.15) is 5.10 Å². The fourth-order valence-corrected chi connectivity index (χ4v) is 4.71. The van der Waals surface area contributed by atoms with Crippen molar-refractivity contribution in [3.05, 3.63) is 35.6 Å². The van der Waals surface area contributed by atoms with Gasteiger partial charge in [0.05, 0.1) is 18.5 Å². The lowest BCUT2D eigenvalue weighted by Crippen LogP contribution is -2.59. The first-order valence-electron chi connectivity index (χ1n) is 9.61. The van der Waals surface area contributed by atoms with E-state index >= 15 is 0 Å². The Hall–Kier alpha value is -2.77. The minimum absolute atomic E-state index is 0.127. The highest BCUT2D eigenvalue weighted by Crippen LogP contribution is 2.38. The van der Waals surface area contributed by atoms with E-state index < -0.39 is 63.9 Å². The number of rotatable bonds is 6. The van der Waals surface area contributed by atoms with Crippen molar-refractivity contribution in [2.45, 2.75) is 44.4 Å². The minimum Gasteiger partial charge on any atom is -0.442 e. The van der Waals surface area contributed by atoms with Gasteiger partial charge in [0.25, 0.3) is 0 Å². The topological polar surface area (TPSA) is 144 Å². The number of nitrogens with zero attached hydrogens (tertiary/aromatic N) is 4. The summed E-state index contributed by atoms with van der Waals surface area (Å²) in [7, 11) is -3.03. The van der Waals surface area contributed by atoms with E-state index in [0.29, 0.717) is 5.01 Å². The molecule has 0 fully saturated rings. The molecule has 1 aromatic carbocycles. The smallest absolute Gasteiger partial charge is 0.437 e. The summed E-state index contributed by atoms with van der Waals surface area (Å²) in [4.78, 5) is 17.2. The molecule has 1 amide bonds. The van der Waals surface area contributed by atoms with E-state index in [1.165, 1.54) is 18.2 Å². The zero-order chi connectivity index (χ0) is 24.3. The van der Waals surface area contributed by atoms with E-state index in [4.69, 9.17) is 4.74 Å². The predicted octanol–water partition coefficient (Wildman–Crippen LogP) is 0.753. The van der Waals surface area contributed by atoms with Gasteiger partial charge in [-0.3, -0.25) is 0 Å². The van der Waals surface area contributed by atoms with Crippen molar-refractivity contribution in [1.82, 2.24) is 14.8 Å². The molecule has 0 saturated heterocycles. The Kier molecular flexibility index (Phi) is 7.47. The molecule has 2 rings (SSSR count). The number of guanidine groups is 1. The van der Waals surface area contributed by atoms with Crippen LogP contribution in [-0.4, -0.2) is 77.8 Å². The Bertz CT molecular complexity index is 996. The van der Waals surface area contributed by atoms with Gasteiger partial charge in [0.15, 0.2) is 0 Å². The van der Waals surface area contributed by atoms with Crippen molar-refractivity contribution in [3.8, 4) is 0 Å². The molecule has 1 heterocycles. The Balaban J connectivity index is 2.77. The molecule has 13 heteroatoms. The van der Waals surface area contributed by atoms with Crippen molar-refractivity contribution < 1.29 is 32.6 Å². The van der Waals surface area contributed by atoms with Crippen LogP contribution in [0, 0.1) is 5.82 Å². The second-order valence-corrected chi connectivity index (χ2v) is 10.3. The molecular weight excluding hydrogens is 445 g/mol. The van der Waals surface area contributed by atoms with Crippen molar-refractivity contribution in [2.75, 3.05) is 19.4 Å². The maximum atomic E-state index is 14.8. The van der Waals surface area contributed by atoms with Gasteiger partial charge in [0.2, 0.25) is 16.0 Å². The summed E-state index contributed by atoms with van der Waals surface area (Å²) < 4.78 is 47.0. The Morgan fingerprint density at radius 1 is 1.47 bits per heavy atom. The highest BCUT2D eigenvalue weighted by molar-refractivity contribution is 7.89. The lowest BCUT2D eigenvalue weighted by Gasteiger charge is -2.41. The summed E-state index contributed by atoms with van der Waals surface area (Å²) in [6.07, 6.45) is -2.90. The fourth-order valence-electron chi connectivity index (χ4n) is 3.20. The van der Waals surface area contributed by atoms with Gasteiger partial charge in [-0.05, 0) is 26.8 Å². The molecule has 32 heavy (non-hydrogen) atoms. The third kappa shape index (κ3) is 5.53. The van der Waals surface area contributed by atoms with Gasteiger partial charge in [0.1, 0.15) is 17.0 Å². The summed E-state index contributed by atoms with van der Waals surface area (Å²) >= 11 is 0. The molecule has 1 aliphatic rings. The van der Waals surface area contributed by atoms with Crippen LogP contribution in [0.1, 0.15) is 32.8 Å². The van der Waals surface area contributed by atoms with E-state index in [1.54, 1.807) is 20.8 Å². The molecule has 1 aliphatic heterocycles. The molecule has 2 unspecified atom stereocenters. The number of sulfonamides is 1. The minimum atomic E-state index is -4.19. The molecule has 0 spiro atoms. The summed E-state index contributed by atoms with van der Waals surface area (Å²) in [5.41, 5.74) is -0.691. The first-order valence-corrected chi connectivity index (χ1v) is 11.2. The number of ether oxygens (including phenoxy) is 1. The Morgan fingerprint density at radius 2 is 2.09 bits per heavy atom. The predicted molar refractivity (Wildman–Crippen MR) is 116 cm³/mol. The SMILES string of the molecule is C=NNN(C(=O)OC(C)(C)C)C1=NC(CC(O)CO)(c2ccccc2F)CS(=O)(=O)N1C. The average molecular weight is 474 g/mol. The number of aliphatic hydroxyl groups excluding tert-OH is 2. The van der Waals surface area contributed by atoms with Crippen molar-refractivity contribution in [3.63, 3.8) is 0 Å². The van der Waals surface area contributed by atoms with E-state index in [9.17, 15) is 27.8 Å². The standard InChI is InChI=1S/C19H28FN5O6S/c1-18(2,3)31-17(28)25(23-21-4)16-22-19(10-13(27)11-26,12-32(29,30)24(16)5)14-8-6-7-9-15(14)20/h6-9,13,23,26-27H,4,10-12H2,1-3,5H3. The molecule has 3 N–H and O–H groups in total. The maximum Gasteiger partial charge on any atom is 0.437 e. The second kappa shape index (κ2) is 9.38. The monoisotopic (exact) mass is 473 g/mol. The molecule has 2 atom stereocenters. The van der Waals surface area contributed by atoms with Crippen LogP contribution in [0.15, 0.2) is 34.4 Å². The number of nitrogens with one attached hydrogen (secondary N) is 1. The highest BCUT2D eigenvalue weighted by Gasteiger charge is 2.49. The number of hydrazone groups is 1. The van der Waals surface area contributed by atoms with Gasteiger partial charge in [-0.25, -0.2) is 32.4 Å². The molecule has 0 aromatic heterocycles. The van der Waals surface area contributed by atoms with Crippen LogP contribution in [0.2, 0.25) is 0 Å². The van der Waals surface area contributed by atoms with Crippen molar-refractivity contribution >= 4 is 28.8 Å².